The number of rotatable bonds is 0. The maximum atomic E-state index is 2.35. The van der Waals surface area contributed by atoms with Crippen LogP contribution in [0.5, 0.6) is 0 Å². The van der Waals surface area contributed by atoms with Gasteiger partial charge in [0.05, 0.1) is 0 Å². The van der Waals surface area contributed by atoms with Gasteiger partial charge in [0, 0.05) is 13.1 Å². The summed E-state index contributed by atoms with van der Waals surface area (Å²) in [5.41, 5.74) is 2.98. The fraction of sp³-hybridized carbons (Fsp3) is 0.231. The Kier molecular flexibility index (Phi) is 3.65. The van der Waals surface area contributed by atoms with Crippen LogP contribution in [-0.4, -0.2) is 22.9 Å². The van der Waals surface area contributed by atoms with Gasteiger partial charge in [-0.05, 0) is 41.1 Å². The van der Waals surface area contributed by atoms with Crippen LogP contribution in [0.15, 0.2) is 36.4 Å². The number of benzene rings is 2. The third kappa shape index (κ3) is 1.93. The van der Waals surface area contributed by atoms with Crippen molar-refractivity contribution in [2.24, 2.45) is 0 Å². The monoisotopic (exact) mass is 219 g/mol. The zero-order valence-electron chi connectivity index (χ0n) is 9.33. The summed E-state index contributed by atoms with van der Waals surface area (Å²) in [5.74, 6) is 0. The summed E-state index contributed by atoms with van der Waals surface area (Å²) >= 11 is 0. The Morgan fingerprint density at radius 1 is 0.875 bits per heavy atom. The molecule has 0 amide bonds. The molecule has 0 saturated carbocycles. The van der Waals surface area contributed by atoms with Gasteiger partial charge in [-0.1, -0.05) is 24.3 Å². The standard InChI is InChI=1S/C13H13N.2H2O/c1-14-8-12-6-10-4-2-3-5-11(10)7-13(12)9-14;;/h2-7H,8-9H2,1H3;2*1H2. The summed E-state index contributed by atoms with van der Waals surface area (Å²) in [6, 6.07) is 13.2. The summed E-state index contributed by atoms with van der Waals surface area (Å²) in [6.45, 7) is 2.19. The first-order chi connectivity index (χ1) is 6.83. The van der Waals surface area contributed by atoms with Crippen molar-refractivity contribution in [3.8, 4) is 0 Å². The molecule has 0 bridgehead atoms. The Morgan fingerprint density at radius 2 is 1.31 bits per heavy atom. The molecule has 3 nitrogen and oxygen atoms in total. The summed E-state index contributed by atoms with van der Waals surface area (Å²) in [7, 11) is 2.17. The van der Waals surface area contributed by atoms with E-state index in [0.717, 1.165) is 13.1 Å². The zero-order valence-corrected chi connectivity index (χ0v) is 9.33. The summed E-state index contributed by atoms with van der Waals surface area (Å²) < 4.78 is 0. The number of fused-ring (bicyclic) bond motifs is 2. The zero-order chi connectivity index (χ0) is 9.54. The molecule has 3 rings (SSSR count). The second-order valence-corrected chi connectivity index (χ2v) is 4.14. The Balaban J connectivity index is 0.000000640. The maximum Gasteiger partial charge on any atom is 0.0237 e. The predicted octanol–water partition coefficient (Wildman–Crippen LogP) is 1.14. The van der Waals surface area contributed by atoms with E-state index < -0.39 is 0 Å². The van der Waals surface area contributed by atoms with Gasteiger partial charge in [0.25, 0.3) is 0 Å². The number of hydrogen-bond donors (Lipinski definition) is 0. The molecular weight excluding hydrogens is 202 g/mol. The van der Waals surface area contributed by atoms with Gasteiger partial charge in [0.15, 0.2) is 0 Å². The lowest BCUT2D eigenvalue weighted by Gasteiger charge is -2.02. The Labute approximate surface area is 94.9 Å². The Hall–Kier alpha value is -1.42. The van der Waals surface area contributed by atoms with Crippen LogP contribution in [0.2, 0.25) is 0 Å². The molecule has 1 aliphatic heterocycles. The average Bonchev–Trinajstić information content (AvgIpc) is 2.53. The molecule has 0 fully saturated rings. The van der Waals surface area contributed by atoms with E-state index in [2.05, 4.69) is 48.3 Å². The van der Waals surface area contributed by atoms with E-state index in [9.17, 15) is 0 Å². The first-order valence-electron chi connectivity index (χ1n) is 5.02. The molecule has 16 heavy (non-hydrogen) atoms. The van der Waals surface area contributed by atoms with Crippen LogP contribution in [0.4, 0.5) is 0 Å². The van der Waals surface area contributed by atoms with E-state index in [-0.39, 0.29) is 11.0 Å². The normalized spacial score (nSPS) is 14.1. The summed E-state index contributed by atoms with van der Waals surface area (Å²) in [6.07, 6.45) is 0. The molecule has 0 unspecified atom stereocenters. The van der Waals surface area contributed by atoms with Crippen LogP contribution in [0.25, 0.3) is 10.8 Å². The third-order valence-corrected chi connectivity index (χ3v) is 2.95. The predicted molar refractivity (Wildman–Crippen MR) is 66.3 cm³/mol. The first kappa shape index (κ1) is 12.6. The largest absolute Gasteiger partial charge is 0.412 e. The van der Waals surface area contributed by atoms with Crippen molar-refractivity contribution in [3.05, 3.63) is 47.5 Å². The molecule has 4 N–H and O–H groups in total. The highest BCUT2D eigenvalue weighted by Crippen LogP contribution is 2.26. The molecule has 3 heteroatoms. The van der Waals surface area contributed by atoms with Crippen LogP contribution in [-0.2, 0) is 13.1 Å². The van der Waals surface area contributed by atoms with Crippen molar-refractivity contribution in [3.63, 3.8) is 0 Å². The van der Waals surface area contributed by atoms with Gasteiger partial charge in [0.2, 0.25) is 0 Å². The minimum Gasteiger partial charge on any atom is -0.412 e. The lowest BCUT2D eigenvalue weighted by molar-refractivity contribution is 0.353. The van der Waals surface area contributed by atoms with E-state index >= 15 is 0 Å². The molecule has 2 aromatic rings. The lowest BCUT2D eigenvalue weighted by Crippen LogP contribution is -2.07. The smallest absolute Gasteiger partial charge is 0.0237 e. The molecule has 0 radical (unpaired) electrons. The second-order valence-electron chi connectivity index (χ2n) is 4.14. The van der Waals surface area contributed by atoms with E-state index in [0.29, 0.717) is 0 Å². The van der Waals surface area contributed by atoms with E-state index in [1.807, 2.05) is 0 Å². The maximum absolute atomic E-state index is 2.35. The van der Waals surface area contributed by atoms with Crippen molar-refractivity contribution in [2.75, 3.05) is 7.05 Å². The topological polar surface area (TPSA) is 66.2 Å². The van der Waals surface area contributed by atoms with E-state index in [4.69, 9.17) is 0 Å². The fourth-order valence-corrected chi connectivity index (χ4v) is 2.27. The van der Waals surface area contributed by atoms with Crippen molar-refractivity contribution >= 4 is 10.8 Å². The molecule has 0 atom stereocenters. The van der Waals surface area contributed by atoms with Crippen molar-refractivity contribution < 1.29 is 11.0 Å². The van der Waals surface area contributed by atoms with Crippen molar-refractivity contribution in [1.29, 1.82) is 0 Å². The molecule has 0 spiro atoms. The minimum atomic E-state index is 0. The molecule has 1 aliphatic rings. The average molecular weight is 219 g/mol. The molecule has 0 saturated heterocycles. The van der Waals surface area contributed by atoms with Crippen molar-refractivity contribution in [1.82, 2.24) is 4.90 Å². The second kappa shape index (κ2) is 4.61. The summed E-state index contributed by atoms with van der Waals surface area (Å²) in [4.78, 5) is 2.35. The molecule has 1 heterocycles. The van der Waals surface area contributed by atoms with Crippen LogP contribution in [0, 0.1) is 0 Å². The lowest BCUT2D eigenvalue weighted by atomic mass is 10.0. The van der Waals surface area contributed by atoms with Crippen LogP contribution < -0.4 is 0 Å². The fourth-order valence-electron chi connectivity index (χ4n) is 2.27. The van der Waals surface area contributed by atoms with Gasteiger partial charge >= 0.3 is 0 Å². The quantitative estimate of drug-likeness (QED) is 0.655. The molecule has 0 aliphatic carbocycles. The van der Waals surface area contributed by atoms with E-state index in [1.165, 1.54) is 21.9 Å². The third-order valence-electron chi connectivity index (χ3n) is 2.95. The van der Waals surface area contributed by atoms with Gasteiger partial charge in [-0.3, -0.25) is 4.90 Å². The molecular formula is C13H17NO2. The highest BCUT2D eigenvalue weighted by molar-refractivity contribution is 5.84. The van der Waals surface area contributed by atoms with E-state index in [1.54, 1.807) is 0 Å². The van der Waals surface area contributed by atoms with Crippen LogP contribution in [0.1, 0.15) is 11.1 Å². The molecule has 86 valence electrons. The SMILES string of the molecule is CN1Cc2cc3ccccc3cc2C1.O.O. The minimum absolute atomic E-state index is 0. The first-order valence-corrected chi connectivity index (χ1v) is 5.02. The number of nitrogens with zero attached hydrogens (tertiary/aromatic N) is 1. The van der Waals surface area contributed by atoms with Gasteiger partial charge in [-0.2, -0.15) is 0 Å². The van der Waals surface area contributed by atoms with Crippen molar-refractivity contribution in [2.45, 2.75) is 13.1 Å². The van der Waals surface area contributed by atoms with Gasteiger partial charge < -0.3 is 11.0 Å². The summed E-state index contributed by atoms with van der Waals surface area (Å²) in [5, 5.41) is 2.73. The highest BCUT2D eigenvalue weighted by atomic mass is 16.0. The Bertz CT molecular complexity index is 452. The molecule has 0 aromatic heterocycles. The van der Waals surface area contributed by atoms with Crippen LogP contribution >= 0.6 is 0 Å². The van der Waals surface area contributed by atoms with Crippen LogP contribution in [0.3, 0.4) is 0 Å². The highest BCUT2D eigenvalue weighted by Gasteiger charge is 2.15. The number of hydrogen-bond acceptors (Lipinski definition) is 1. The van der Waals surface area contributed by atoms with Gasteiger partial charge in [-0.25, -0.2) is 0 Å². The van der Waals surface area contributed by atoms with Gasteiger partial charge in [-0.15, -0.1) is 0 Å². The van der Waals surface area contributed by atoms with Gasteiger partial charge in [0.1, 0.15) is 0 Å². The Morgan fingerprint density at radius 3 is 1.75 bits per heavy atom. The molecule has 2 aromatic carbocycles.